The molecule has 0 aromatic rings. The van der Waals surface area contributed by atoms with E-state index < -0.39 is 0 Å². The molecule has 0 spiro atoms. The average molecular weight is 129 g/mol. The van der Waals surface area contributed by atoms with Crippen molar-refractivity contribution in [1.29, 1.82) is 0 Å². The van der Waals surface area contributed by atoms with Gasteiger partial charge in [-0.05, 0) is 39.5 Å². The lowest BCUT2D eigenvalue weighted by atomic mass is 10.4. The molecule has 0 saturated heterocycles. The summed E-state index contributed by atoms with van der Waals surface area (Å²) in [5.41, 5.74) is 0. The fourth-order valence-electron chi connectivity index (χ4n) is 0.640. The fourth-order valence-corrected chi connectivity index (χ4v) is 0.640. The van der Waals surface area contributed by atoms with Crippen LogP contribution in [0.2, 0.25) is 0 Å². The molecule has 0 fully saturated rings. The maximum Gasteiger partial charge on any atom is -0.00368 e. The van der Waals surface area contributed by atoms with Crippen LogP contribution in [0.5, 0.6) is 0 Å². The third-order valence-corrected chi connectivity index (χ3v) is 1.13. The molecule has 2 heteroatoms. The van der Waals surface area contributed by atoms with E-state index in [-0.39, 0.29) is 0 Å². The highest BCUT2D eigenvalue weighted by Crippen LogP contribution is 1.73. The second kappa shape index (κ2) is 7.92. The van der Waals surface area contributed by atoms with Crippen LogP contribution in [0.4, 0.5) is 0 Å². The molecule has 2 N–H and O–H groups in total. The lowest BCUT2D eigenvalue weighted by Crippen LogP contribution is -2.20. The molecule has 0 heterocycles. The van der Waals surface area contributed by atoms with Crippen LogP contribution in [0, 0.1) is 6.92 Å². The van der Waals surface area contributed by atoms with Gasteiger partial charge < -0.3 is 10.6 Å². The fraction of sp³-hybridized carbons (Fsp3) is 0.857. The van der Waals surface area contributed by atoms with Gasteiger partial charge in [0.05, 0.1) is 0 Å². The Morgan fingerprint density at radius 2 is 2.00 bits per heavy atom. The largest absolute Gasteiger partial charge is 0.320 e. The Balaban J connectivity index is 2.60. The summed E-state index contributed by atoms with van der Waals surface area (Å²) in [5.74, 6) is 0. The monoisotopic (exact) mass is 129 g/mol. The third kappa shape index (κ3) is 7.92. The quantitative estimate of drug-likeness (QED) is 0.508. The first-order chi connectivity index (χ1) is 4.41. The maximum atomic E-state index is 3.73. The number of hydrogen-bond donors (Lipinski definition) is 2. The molecule has 0 amide bonds. The summed E-state index contributed by atoms with van der Waals surface area (Å²) in [4.78, 5) is 0. The molecule has 0 aromatic carbocycles. The number of hydrogen-bond acceptors (Lipinski definition) is 2. The first-order valence-electron chi connectivity index (χ1n) is 3.56. The lowest BCUT2D eigenvalue weighted by Gasteiger charge is -2.00. The van der Waals surface area contributed by atoms with Crippen molar-refractivity contribution < 1.29 is 0 Å². The molecule has 0 rings (SSSR count). The van der Waals surface area contributed by atoms with E-state index in [9.17, 15) is 0 Å². The van der Waals surface area contributed by atoms with E-state index >= 15 is 0 Å². The van der Waals surface area contributed by atoms with Gasteiger partial charge in [-0.3, -0.25) is 0 Å². The van der Waals surface area contributed by atoms with Crippen molar-refractivity contribution in [2.24, 2.45) is 0 Å². The molecule has 0 saturated carbocycles. The molecular formula is C7H17N2. The van der Waals surface area contributed by atoms with Gasteiger partial charge in [0.2, 0.25) is 0 Å². The number of nitrogens with one attached hydrogen (secondary N) is 2. The standard InChI is InChI=1S/C7H17N2/c1-3-5-9-7-4-6-8-2/h8-9H,1,3-7H2,2H3. The van der Waals surface area contributed by atoms with Crippen LogP contribution in [-0.2, 0) is 0 Å². The molecule has 0 aliphatic carbocycles. The van der Waals surface area contributed by atoms with Gasteiger partial charge in [-0.2, -0.15) is 0 Å². The Labute approximate surface area is 58.0 Å². The van der Waals surface area contributed by atoms with Crippen molar-refractivity contribution in [3.63, 3.8) is 0 Å². The minimum absolute atomic E-state index is 0.986. The highest BCUT2D eigenvalue weighted by atomic mass is 14.9. The zero-order valence-corrected chi connectivity index (χ0v) is 6.24. The predicted octanol–water partition coefficient (Wildman–Crippen LogP) is 0.410. The SMILES string of the molecule is [CH2]CCNCCCNC. The zero-order chi connectivity index (χ0) is 6.95. The molecule has 0 aromatic heterocycles. The van der Waals surface area contributed by atoms with E-state index in [1.807, 2.05) is 7.05 Å². The van der Waals surface area contributed by atoms with Crippen LogP contribution >= 0.6 is 0 Å². The zero-order valence-electron chi connectivity index (χ0n) is 6.24. The van der Waals surface area contributed by atoms with E-state index in [2.05, 4.69) is 17.6 Å². The Morgan fingerprint density at radius 1 is 1.22 bits per heavy atom. The molecular weight excluding hydrogens is 112 g/mol. The van der Waals surface area contributed by atoms with E-state index in [1.54, 1.807) is 0 Å². The Hall–Kier alpha value is -0.0800. The van der Waals surface area contributed by atoms with Crippen LogP contribution < -0.4 is 10.6 Å². The van der Waals surface area contributed by atoms with Gasteiger partial charge in [-0.25, -0.2) is 0 Å². The summed E-state index contributed by atoms with van der Waals surface area (Å²) >= 11 is 0. The van der Waals surface area contributed by atoms with E-state index in [4.69, 9.17) is 0 Å². The van der Waals surface area contributed by atoms with Crippen molar-refractivity contribution >= 4 is 0 Å². The third-order valence-electron chi connectivity index (χ3n) is 1.13. The van der Waals surface area contributed by atoms with Gasteiger partial charge in [0, 0.05) is 0 Å². The van der Waals surface area contributed by atoms with Gasteiger partial charge in [0.15, 0.2) is 0 Å². The van der Waals surface area contributed by atoms with Gasteiger partial charge >= 0.3 is 0 Å². The van der Waals surface area contributed by atoms with Crippen LogP contribution in [0.15, 0.2) is 0 Å². The second-order valence-corrected chi connectivity index (χ2v) is 2.06. The first kappa shape index (κ1) is 8.92. The molecule has 55 valence electrons. The van der Waals surface area contributed by atoms with Crippen LogP contribution in [0.25, 0.3) is 0 Å². The van der Waals surface area contributed by atoms with Crippen molar-refractivity contribution in [2.75, 3.05) is 26.7 Å². The van der Waals surface area contributed by atoms with E-state index in [0.29, 0.717) is 0 Å². The van der Waals surface area contributed by atoms with Crippen LogP contribution in [-0.4, -0.2) is 26.7 Å². The average Bonchev–Trinajstić information content (AvgIpc) is 1.89. The van der Waals surface area contributed by atoms with Crippen LogP contribution in [0.1, 0.15) is 12.8 Å². The molecule has 0 aliphatic heterocycles. The highest BCUT2D eigenvalue weighted by Gasteiger charge is 1.82. The normalized spacial score (nSPS) is 10.0. The Morgan fingerprint density at radius 3 is 2.56 bits per heavy atom. The van der Waals surface area contributed by atoms with Gasteiger partial charge in [-0.15, -0.1) is 0 Å². The van der Waals surface area contributed by atoms with Gasteiger partial charge in [0.1, 0.15) is 0 Å². The predicted molar refractivity (Wildman–Crippen MR) is 41.4 cm³/mol. The second-order valence-electron chi connectivity index (χ2n) is 2.06. The Bertz CT molecular complexity index is 40.2. The number of rotatable bonds is 6. The molecule has 2 nitrogen and oxygen atoms in total. The van der Waals surface area contributed by atoms with Gasteiger partial charge in [0.25, 0.3) is 0 Å². The summed E-state index contributed by atoms with van der Waals surface area (Å²) in [6.07, 6.45) is 2.19. The highest BCUT2D eigenvalue weighted by molar-refractivity contribution is 4.49. The summed E-state index contributed by atoms with van der Waals surface area (Å²) in [5, 5.41) is 6.36. The summed E-state index contributed by atoms with van der Waals surface area (Å²) in [7, 11) is 1.97. The maximum absolute atomic E-state index is 3.73. The van der Waals surface area contributed by atoms with Crippen LogP contribution in [0.3, 0.4) is 0 Å². The van der Waals surface area contributed by atoms with Crippen molar-refractivity contribution in [2.45, 2.75) is 12.8 Å². The summed E-state index contributed by atoms with van der Waals surface area (Å²) in [6.45, 7) is 6.98. The van der Waals surface area contributed by atoms with E-state index in [1.165, 1.54) is 6.42 Å². The summed E-state index contributed by atoms with van der Waals surface area (Å²) < 4.78 is 0. The van der Waals surface area contributed by atoms with Crippen molar-refractivity contribution in [3.8, 4) is 0 Å². The van der Waals surface area contributed by atoms with Crippen molar-refractivity contribution in [3.05, 3.63) is 6.92 Å². The molecule has 0 atom stereocenters. The first-order valence-corrected chi connectivity index (χ1v) is 3.56. The lowest BCUT2D eigenvalue weighted by molar-refractivity contribution is 0.628. The summed E-state index contributed by atoms with van der Waals surface area (Å²) in [6, 6.07) is 0. The topological polar surface area (TPSA) is 24.1 Å². The Kier molecular flexibility index (Phi) is 7.85. The minimum Gasteiger partial charge on any atom is -0.320 e. The minimum atomic E-state index is 0.986. The van der Waals surface area contributed by atoms with Gasteiger partial charge in [-0.1, -0.05) is 6.92 Å². The molecule has 0 unspecified atom stereocenters. The molecule has 1 radical (unpaired) electrons. The molecule has 0 aliphatic rings. The molecule has 0 bridgehead atoms. The van der Waals surface area contributed by atoms with E-state index in [0.717, 1.165) is 26.1 Å². The molecule has 9 heavy (non-hydrogen) atoms. The van der Waals surface area contributed by atoms with Crippen molar-refractivity contribution in [1.82, 2.24) is 10.6 Å². The smallest absolute Gasteiger partial charge is 0.00368 e.